The van der Waals surface area contributed by atoms with Gasteiger partial charge in [-0.2, -0.15) is 0 Å². The van der Waals surface area contributed by atoms with Crippen molar-refractivity contribution in [2.24, 2.45) is 0 Å². The molecule has 0 fully saturated rings. The van der Waals surface area contributed by atoms with E-state index in [-0.39, 0.29) is 30.2 Å². The summed E-state index contributed by atoms with van der Waals surface area (Å²) in [4.78, 5) is 19.6. The van der Waals surface area contributed by atoms with Gasteiger partial charge in [-0.05, 0) is 87.1 Å². The third kappa shape index (κ3) is 6.80. The first-order valence-electron chi connectivity index (χ1n) is 13.0. The van der Waals surface area contributed by atoms with Crippen LogP contribution in [0.5, 0.6) is 0 Å². The SMILES string of the molecule is Cc1c(C)n(Cc2ccc(C(C)(C)C)cc2)c2c(CN(C(=O)OC(C)(C)C)c3ccc(F)cc3)nccc12.Cl. The summed E-state index contributed by atoms with van der Waals surface area (Å²) < 4.78 is 21.7. The second kappa shape index (κ2) is 11.4. The minimum Gasteiger partial charge on any atom is -0.443 e. The van der Waals surface area contributed by atoms with Crippen molar-refractivity contribution in [3.63, 3.8) is 0 Å². The van der Waals surface area contributed by atoms with Crippen LogP contribution in [0.4, 0.5) is 14.9 Å². The number of aromatic nitrogens is 2. The number of halogens is 2. The highest BCUT2D eigenvalue weighted by atomic mass is 35.5. The van der Waals surface area contributed by atoms with Crippen LogP contribution >= 0.6 is 12.4 Å². The van der Waals surface area contributed by atoms with Gasteiger partial charge in [0, 0.05) is 29.5 Å². The van der Waals surface area contributed by atoms with Gasteiger partial charge < -0.3 is 9.30 Å². The average Bonchev–Trinajstić information content (AvgIpc) is 3.07. The topological polar surface area (TPSA) is 47.4 Å². The van der Waals surface area contributed by atoms with Gasteiger partial charge >= 0.3 is 6.09 Å². The molecule has 0 aliphatic heterocycles. The van der Waals surface area contributed by atoms with Crippen LogP contribution in [-0.2, 0) is 23.2 Å². The molecule has 0 aliphatic carbocycles. The van der Waals surface area contributed by atoms with Crippen LogP contribution in [0.2, 0.25) is 0 Å². The number of hydrogen-bond donors (Lipinski definition) is 0. The lowest BCUT2D eigenvalue weighted by atomic mass is 9.87. The van der Waals surface area contributed by atoms with Crippen molar-refractivity contribution in [3.05, 3.63) is 94.7 Å². The molecule has 0 atom stereocenters. The number of benzene rings is 2. The Morgan fingerprint density at radius 2 is 1.56 bits per heavy atom. The summed E-state index contributed by atoms with van der Waals surface area (Å²) in [5.74, 6) is -0.365. The smallest absolute Gasteiger partial charge is 0.415 e. The highest BCUT2D eigenvalue weighted by Crippen LogP contribution is 2.31. The first-order valence-corrected chi connectivity index (χ1v) is 13.0. The van der Waals surface area contributed by atoms with Gasteiger partial charge in [-0.1, -0.05) is 45.0 Å². The molecule has 1 amide bonds. The molecule has 7 heteroatoms. The second-order valence-corrected chi connectivity index (χ2v) is 11.9. The minimum absolute atomic E-state index is 0. The van der Waals surface area contributed by atoms with Crippen LogP contribution in [-0.4, -0.2) is 21.2 Å². The predicted octanol–water partition coefficient (Wildman–Crippen LogP) is 8.50. The summed E-state index contributed by atoms with van der Waals surface area (Å²) in [6.07, 6.45) is 1.28. The highest BCUT2D eigenvalue weighted by Gasteiger charge is 2.26. The molecule has 5 nitrogen and oxygen atoms in total. The maximum atomic E-state index is 13.7. The molecule has 2 aromatic heterocycles. The van der Waals surface area contributed by atoms with E-state index >= 15 is 0 Å². The molecule has 208 valence electrons. The maximum absolute atomic E-state index is 13.7. The Balaban J connectivity index is 0.00000420. The molecule has 0 unspecified atom stereocenters. The lowest BCUT2D eigenvalue weighted by Crippen LogP contribution is -2.36. The van der Waals surface area contributed by atoms with Crippen LogP contribution in [0.25, 0.3) is 10.9 Å². The molecule has 0 radical (unpaired) electrons. The van der Waals surface area contributed by atoms with E-state index in [1.807, 2.05) is 26.8 Å². The van der Waals surface area contributed by atoms with Crippen molar-refractivity contribution in [1.29, 1.82) is 0 Å². The molecule has 2 aromatic carbocycles. The zero-order valence-electron chi connectivity index (χ0n) is 24.1. The summed E-state index contributed by atoms with van der Waals surface area (Å²) in [5, 5.41) is 1.10. The molecule has 0 bridgehead atoms. The van der Waals surface area contributed by atoms with E-state index in [2.05, 4.69) is 63.5 Å². The van der Waals surface area contributed by atoms with E-state index in [1.165, 1.54) is 33.7 Å². The quantitative estimate of drug-likeness (QED) is 0.250. The van der Waals surface area contributed by atoms with Crippen molar-refractivity contribution in [3.8, 4) is 0 Å². The number of rotatable bonds is 5. The van der Waals surface area contributed by atoms with E-state index in [9.17, 15) is 9.18 Å². The van der Waals surface area contributed by atoms with E-state index < -0.39 is 11.7 Å². The molecule has 4 rings (SSSR count). The summed E-state index contributed by atoms with van der Waals surface area (Å²) >= 11 is 0. The first kappa shape index (κ1) is 30.2. The lowest BCUT2D eigenvalue weighted by molar-refractivity contribution is 0.0577. The fraction of sp³-hybridized carbons (Fsp3) is 0.375. The average molecular weight is 552 g/mol. The normalized spacial score (nSPS) is 11.8. The number of fused-ring (bicyclic) bond motifs is 1. The molecule has 2 heterocycles. The molecular weight excluding hydrogens is 513 g/mol. The number of hydrogen-bond acceptors (Lipinski definition) is 3. The van der Waals surface area contributed by atoms with Gasteiger partial charge in [0.15, 0.2) is 0 Å². The van der Waals surface area contributed by atoms with E-state index in [0.717, 1.165) is 22.3 Å². The van der Waals surface area contributed by atoms with Crippen molar-refractivity contribution < 1.29 is 13.9 Å². The summed E-state index contributed by atoms with van der Waals surface area (Å²) in [7, 11) is 0. The van der Waals surface area contributed by atoms with Gasteiger partial charge in [-0.15, -0.1) is 12.4 Å². The van der Waals surface area contributed by atoms with Crippen molar-refractivity contribution in [2.45, 2.75) is 79.5 Å². The number of pyridine rings is 1. The van der Waals surface area contributed by atoms with Crippen LogP contribution < -0.4 is 4.90 Å². The molecule has 39 heavy (non-hydrogen) atoms. The summed E-state index contributed by atoms with van der Waals surface area (Å²) in [6.45, 7) is 17.2. The third-order valence-corrected chi connectivity index (χ3v) is 6.84. The van der Waals surface area contributed by atoms with Gasteiger partial charge in [0.25, 0.3) is 0 Å². The number of aryl methyl sites for hydroxylation is 1. The number of nitrogens with zero attached hydrogens (tertiary/aromatic N) is 3. The van der Waals surface area contributed by atoms with Gasteiger partial charge in [0.05, 0.1) is 17.8 Å². The van der Waals surface area contributed by atoms with Gasteiger partial charge in [0.1, 0.15) is 11.4 Å². The van der Waals surface area contributed by atoms with E-state index in [4.69, 9.17) is 9.72 Å². The fourth-order valence-corrected chi connectivity index (χ4v) is 4.62. The molecular formula is C32H39ClFN3O2. The Bertz CT molecular complexity index is 1450. The molecule has 0 N–H and O–H groups in total. The Morgan fingerprint density at radius 1 is 0.949 bits per heavy atom. The van der Waals surface area contributed by atoms with Gasteiger partial charge in [-0.25, -0.2) is 9.18 Å². The molecule has 0 saturated heterocycles. The minimum atomic E-state index is -0.679. The van der Waals surface area contributed by atoms with Crippen molar-refractivity contribution in [1.82, 2.24) is 9.55 Å². The highest BCUT2D eigenvalue weighted by molar-refractivity contribution is 5.91. The molecule has 4 aromatic rings. The van der Waals surface area contributed by atoms with Crippen LogP contribution in [0.3, 0.4) is 0 Å². The molecule has 0 spiro atoms. The standard InChI is InChI=1S/C32H38FN3O2.ClH/c1-21-22(2)35(19-23-9-11-24(12-10-23)31(3,4)5)29-27(21)17-18-34-28(29)20-36(30(37)38-32(6,7)8)26-15-13-25(33)14-16-26;/h9-18H,19-20H2,1-8H3;1H. The largest absolute Gasteiger partial charge is 0.443 e. The number of amides is 1. The fourth-order valence-electron chi connectivity index (χ4n) is 4.62. The van der Waals surface area contributed by atoms with Crippen LogP contribution in [0, 0.1) is 19.7 Å². The van der Waals surface area contributed by atoms with Crippen LogP contribution in [0.1, 0.15) is 69.6 Å². The zero-order valence-corrected chi connectivity index (χ0v) is 24.9. The predicted molar refractivity (Wildman–Crippen MR) is 160 cm³/mol. The van der Waals surface area contributed by atoms with E-state index in [1.54, 1.807) is 18.3 Å². The van der Waals surface area contributed by atoms with Gasteiger partial charge in [-0.3, -0.25) is 9.88 Å². The molecule has 0 saturated carbocycles. The zero-order chi connectivity index (χ0) is 27.8. The number of carbonyl (C=O) groups is 1. The van der Waals surface area contributed by atoms with Crippen molar-refractivity contribution >= 4 is 35.1 Å². The maximum Gasteiger partial charge on any atom is 0.415 e. The summed E-state index contributed by atoms with van der Waals surface area (Å²) in [6, 6.07) is 16.7. The first-order chi connectivity index (χ1) is 17.7. The summed E-state index contributed by atoms with van der Waals surface area (Å²) in [5.41, 5.74) is 6.51. The van der Waals surface area contributed by atoms with Crippen LogP contribution in [0.15, 0.2) is 60.8 Å². The number of carbonyl (C=O) groups excluding carboxylic acids is 1. The van der Waals surface area contributed by atoms with E-state index in [0.29, 0.717) is 12.2 Å². The lowest BCUT2D eigenvalue weighted by Gasteiger charge is -2.27. The van der Waals surface area contributed by atoms with Crippen molar-refractivity contribution in [2.75, 3.05) is 4.90 Å². The second-order valence-electron chi connectivity index (χ2n) is 11.9. The Kier molecular flexibility index (Phi) is 8.81. The Hall–Kier alpha value is -3.38. The Labute approximate surface area is 237 Å². The monoisotopic (exact) mass is 551 g/mol. The number of anilines is 1. The molecule has 0 aliphatic rings. The third-order valence-electron chi connectivity index (χ3n) is 6.84. The number of ether oxygens (including phenoxy) is 1. The Morgan fingerprint density at radius 3 is 2.13 bits per heavy atom. The van der Waals surface area contributed by atoms with Gasteiger partial charge in [0.2, 0.25) is 0 Å².